The van der Waals surface area contributed by atoms with Gasteiger partial charge in [0.2, 0.25) is 5.91 Å². The lowest BCUT2D eigenvalue weighted by Crippen LogP contribution is -2.15. The third-order valence-corrected chi connectivity index (χ3v) is 7.53. The average Bonchev–Trinajstić information content (AvgIpc) is 3.31. The molecule has 1 amide bonds. The summed E-state index contributed by atoms with van der Waals surface area (Å²) in [6, 6.07) is 7.30. The molecule has 30 heavy (non-hydrogen) atoms. The van der Waals surface area contributed by atoms with Gasteiger partial charge >= 0.3 is 0 Å². The molecule has 1 N–H and O–H groups in total. The van der Waals surface area contributed by atoms with Crippen molar-refractivity contribution >= 4 is 46.3 Å². The van der Waals surface area contributed by atoms with E-state index in [9.17, 15) is 4.79 Å². The molecule has 3 aromatic rings. The maximum Gasteiger partial charge on any atom is 0.234 e. The summed E-state index contributed by atoms with van der Waals surface area (Å²) in [6.07, 6.45) is 3.48. The number of thioether (sulfide) groups is 1. The number of rotatable bonds is 6. The highest BCUT2D eigenvalue weighted by atomic mass is 35.5. The summed E-state index contributed by atoms with van der Waals surface area (Å²) < 4.78 is 2.15. The molecule has 1 aliphatic rings. The van der Waals surface area contributed by atoms with Crippen LogP contribution in [0.5, 0.6) is 0 Å². The normalized spacial score (nSPS) is 16.0. The van der Waals surface area contributed by atoms with Gasteiger partial charge in [-0.2, -0.15) is 0 Å². The van der Waals surface area contributed by atoms with Crippen molar-refractivity contribution in [3.05, 3.63) is 45.1 Å². The fourth-order valence-corrected chi connectivity index (χ4v) is 5.99. The van der Waals surface area contributed by atoms with Crippen molar-refractivity contribution in [1.29, 1.82) is 0 Å². The van der Waals surface area contributed by atoms with Crippen LogP contribution >= 0.6 is 34.7 Å². The van der Waals surface area contributed by atoms with Gasteiger partial charge in [-0.1, -0.05) is 30.3 Å². The first-order valence-corrected chi connectivity index (χ1v) is 12.4. The molecule has 0 radical (unpaired) electrons. The predicted octanol–water partition coefficient (Wildman–Crippen LogP) is 6.10. The Morgan fingerprint density at radius 3 is 2.83 bits per heavy atom. The first-order chi connectivity index (χ1) is 14.4. The molecule has 1 aromatic carbocycles. The molecule has 1 atom stereocenters. The number of fused-ring (bicyclic) bond motifs is 1. The summed E-state index contributed by atoms with van der Waals surface area (Å²) in [5.74, 6) is 1.85. The van der Waals surface area contributed by atoms with E-state index in [4.69, 9.17) is 11.6 Å². The Hall–Kier alpha value is -1.83. The van der Waals surface area contributed by atoms with Gasteiger partial charge in [0.25, 0.3) is 0 Å². The van der Waals surface area contributed by atoms with Gasteiger partial charge in [-0.15, -0.1) is 21.5 Å². The Morgan fingerprint density at radius 2 is 2.10 bits per heavy atom. The molecule has 0 saturated heterocycles. The molecule has 0 aliphatic heterocycles. The summed E-state index contributed by atoms with van der Waals surface area (Å²) in [5, 5.41) is 15.5. The highest BCUT2D eigenvalue weighted by molar-refractivity contribution is 7.99. The van der Waals surface area contributed by atoms with Crippen molar-refractivity contribution in [2.45, 2.75) is 51.2 Å². The molecule has 0 saturated carbocycles. The second-order valence-corrected chi connectivity index (χ2v) is 10.4. The van der Waals surface area contributed by atoms with E-state index in [0.29, 0.717) is 5.02 Å². The van der Waals surface area contributed by atoms with Gasteiger partial charge in [0, 0.05) is 32.6 Å². The van der Waals surface area contributed by atoms with Gasteiger partial charge in [-0.25, -0.2) is 0 Å². The summed E-state index contributed by atoms with van der Waals surface area (Å²) >= 11 is 9.15. The van der Waals surface area contributed by atoms with Crippen LogP contribution in [0, 0.1) is 5.92 Å². The lowest BCUT2D eigenvalue weighted by atomic mass is 9.88. The molecule has 2 heterocycles. The fraction of sp³-hybridized carbons (Fsp3) is 0.409. The average molecular weight is 461 g/mol. The third-order valence-electron chi connectivity index (χ3n) is 5.28. The number of nitrogens with one attached hydrogen (secondary N) is 1. The molecule has 4 rings (SSSR count). The number of carbonyl (C=O) groups excluding carboxylic acids is 1. The Kier molecular flexibility index (Phi) is 6.51. The van der Waals surface area contributed by atoms with Gasteiger partial charge in [0.05, 0.1) is 5.75 Å². The van der Waals surface area contributed by atoms with Gasteiger partial charge < -0.3 is 5.32 Å². The van der Waals surface area contributed by atoms with E-state index in [1.54, 1.807) is 24.3 Å². The van der Waals surface area contributed by atoms with E-state index in [0.717, 1.165) is 35.4 Å². The lowest BCUT2D eigenvalue weighted by molar-refractivity contribution is -0.113. The van der Waals surface area contributed by atoms with Crippen LogP contribution in [0.3, 0.4) is 0 Å². The number of halogens is 1. The number of hydrogen-bond acceptors (Lipinski definition) is 5. The van der Waals surface area contributed by atoms with E-state index < -0.39 is 0 Å². The van der Waals surface area contributed by atoms with E-state index in [1.807, 2.05) is 11.3 Å². The van der Waals surface area contributed by atoms with Crippen LogP contribution < -0.4 is 5.32 Å². The number of thiophene rings is 1. The number of carbonyl (C=O) groups is 1. The van der Waals surface area contributed by atoms with Crippen molar-refractivity contribution in [2.24, 2.45) is 5.92 Å². The van der Waals surface area contributed by atoms with Crippen molar-refractivity contribution in [1.82, 2.24) is 14.8 Å². The van der Waals surface area contributed by atoms with Crippen molar-refractivity contribution in [2.75, 3.05) is 11.1 Å². The quantitative estimate of drug-likeness (QED) is 0.451. The third kappa shape index (κ3) is 4.58. The lowest BCUT2D eigenvalue weighted by Gasteiger charge is -2.19. The smallest absolute Gasteiger partial charge is 0.234 e. The highest BCUT2D eigenvalue weighted by Crippen LogP contribution is 2.39. The van der Waals surface area contributed by atoms with Crippen LogP contribution in [0.25, 0.3) is 11.4 Å². The van der Waals surface area contributed by atoms with Crippen LogP contribution in [0.1, 0.15) is 43.7 Å². The van der Waals surface area contributed by atoms with Crippen LogP contribution in [0.15, 0.2) is 34.8 Å². The van der Waals surface area contributed by atoms with E-state index in [-0.39, 0.29) is 17.7 Å². The van der Waals surface area contributed by atoms with Crippen LogP contribution in [-0.2, 0) is 17.6 Å². The summed E-state index contributed by atoms with van der Waals surface area (Å²) in [6.45, 7) is 6.58. The van der Waals surface area contributed by atoms with Gasteiger partial charge in [-0.05, 0) is 68.9 Å². The zero-order valence-corrected chi connectivity index (χ0v) is 19.7. The summed E-state index contributed by atoms with van der Waals surface area (Å²) in [5.41, 5.74) is 3.38. The molecule has 0 fully saturated rings. The molecular weight excluding hydrogens is 436 g/mol. The molecule has 0 spiro atoms. The van der Waals surface area contributed by atoms with E-state index >= 15 is 0 Å². The second kappa shape index (κ2) is 9.12. The molecule has 1 unspecified atom stereocenters. The number of nitrogens with zero attached hydrogens (tertiary/aromatic N) is 3. The van der Waals surface area contributed by atoms with E-state index in [1.165, 1.54) is 34.2 Å². The topological polar surface area (TPSA) is 59.8 Å². The van der Waals surface area contributed by atoms with Crippen LogP contribution in [0.2, 0.25) is 5.02 Å². The zero-order valence-electron chi connectivity index (χ0n) is 17.3. The fourth-order valence-electron chi connectivity index (χ4n) is 3.75. The first kappa shape index (κ1) is 21.4. The minimum atomic E-state index is -0.0796. The summed E-state index contributed by atoms with van der Waals surface area (Å²) in [7, 11) is 0. The largest absolute Gasteiger partial charge is 0.325 e. The van der Waals surface area contributed by atoms with Crippen molar-refractivity contribution in [3.63, 3.8) is 0 Å². The molecule has 8 heteroatoms. The summed E-state index contributed by atoms with van der Waals surface area (Å²) in [4.78, 5) is 13.9. The predicted molar refractivity (Wildman–Crippen MR) is 126 cm³/mol. The minimum Gasteiger partial charge on any atom is -0.325 e. The Bertz CT molecular complexity index is 1040. The first-order valence-electron chi connectivity index (χ1n) is 10.1. The number of benzene rings is 1. The Morgan fingerprint density at radius 1 is 1.33 bits per heavy atom. The van der Waals surface area contributed by atoms with Crippen LogP contribution in [0.4, 0.5) is 5.69 Å². The monoisotopic (exact) mass is 460 g/mol. The minimum absolute atomic E-state index is 0.0796. The number of anilines is 1. The maximum absolute atomic E-state index is 12.4. The second-order valence-electron chi connectivity index (χ2n) is 8.01. The molecular formula is C22H25ClN4OS2. The van der Waals surface area contributed by atoms with Gasteiger partial charge in [0.1, 0.15) is 0 Å². The molecule has 0 bridgehead atoms. The highest BCUT2D eigenvalue weighted by Gasteiger charge is 2.25. The molecule has 1 aliphatic carbocycles. The van der Waals surface area contributed by atoms with Crippen molar-refractivity contribution < 1.29 is 4.79 Å². The van der Waals surface area contributed by atoms with E-state index in [2.05, 4.69) is 46.2 Å². The Balaban J connectivity index is 1.51. The maximum atomic E-state index is 12.4. The van der Waals surface area contributed by atoms with Crippen molar-refractivity contribution in [3.8, 4) is 11.4 Å². The zero-order chi connectivity index (χ0) is 21.3. The number of aromatic nitrogens is 3. The molecule has 2 aromatic heterocycles. The van der Waals surface area contributed by atoms with Gasteiger partial charge in [-0.3, -0.25) is 9.36 Å². The standard InChI is InChI=1S/C22H25ClN4OS2/c1-13(2)27-21(18-11-29-19-10-14(3)4-9-17(18)19)25-26-22(27)30-12-20(28)24-16-7-5-15(23)6-8-16/h5-8,11,13-14H,4,9-10,12H2,1-3H3,(H,24,28). The van der Waals surface area contributed by atoms with Gasteiger partial charge in [0.15, 0.2) is 11.0 Å². The molecule has 5 nitrogen and oxygen atoms in total. The SMILES string of the molecule is CC1CCc2c(-c3nnc(SCC(=O)Nc4ccc(Cl)cc4)n3C(C)C)csc2C1. The Labute approximate surface area is 190 Å². The number of amides is 1. The number of hydrogen-bond donors (Lipinski definition) is 1. The molecule has 158 valence electrons. The van der Waals surface area contributed by atoms with Crippen LogP contribution in [-0.4, -0.2) is 26.4 Å².